The summed E-state index contributed by atoms with van der Waals surface area (Å²) >= 11 is 1.95. The van der Waals surface area contributed by atoms with Crippen LogP contribution in [-0.2, 0) is 0 Å². The average molecular weight is 103 g/mol. The molecule has 0 unspecified atom stereocenters. The molecule has 0 aromatic rings. The van der Waals surface area contributed by atoms with Crippen molar-refractivity contribution in [1.29, 1.82) is 0 Å². The molecule has 0 aromatic heterocycles. The van der Waals surface area contributed by atoms with E-state index in [1.165, 1.54) is 11.5 Å². The molecule has 1 heteroatoms. The molecule has 0 aliphatic carbocycles. The Balaban J connectivity index is 2.34. The second-order valence-corrected chi connectivity index (χ2v) is 2.44. The summed E-state index contributed by atoms with van der Waals surface area (Å²) in [7, 11) is 0. The van der Waals surface area contributed by atoms with Crippen LogP contribution in [0.5, 0.6) is 0 Å². The van der Waals surface area contributed by atoms with E-state index < -0.39 is 0 Å². The molecule has 0 spiro atoms. The average Bonchev–Trinajstić information content (AvgIpc) is 1.61. The number of hydrogen-bond acceptors (Lipinski definition) is 1. The van der Waals surface area contributed by atoms with Gasteiger partial charge >= 0.3 is 0 Å². The second-order valence-electron chi connectivity index (χ2n) is 1.05. The first-order valence-electron chi connectivity index (χ1n) is 2.28. The summed E-state index contributed by atoms with van der Waals surface area (Å²) in [6.45, 7) is 5.87. The largest absolute Gasteiger partial charge is 0.162 e. The van der Waals surface area contributed by atoms with Gasteiger partial charge in [-0.15, -0.1) is 0 Å². The standard InChI is InChI=1S/C5H11S/c1-3-5-6-4-2/h1,3-5H2,2H3. The van der Waals surface area contributed by atoms with Crippen molar-refractivity contribution in [2.24, 2.45) is 0 Å². The van der Waals surface area contributed by atoms with Crippen molar-refractivity contribution in [2.45, 2.75) is 13.3 Å². The lowest BCUT2D eigenvalue weighted by Gasteiger charge is -1.86. The third-order valence-electron chi connectivity index (χ3n) is 0.493. The van der Waals surface area contributed by atoms with E-state index in [0.717, 1.165) is 6.42 Å². The first-order chi connectivity index (χ1) is 2.91. The molecule has 0 atom stereocenters. The van der Waals surface area contributed by atoms with Gasteiger partial charge in [0.1, 0.15) is 0 Å². The molecular formula is C5H11S. The summed E-state index contributed by atoms with van der Waals surface area (Å²) in [5.41, 5.74) is 0. The Morgan fingerprint density at radius 3 is 2.50 bits per heavy atom. The lowest BCUT2D eigenvalue weighted by atomic mass is 10.6. The highest BCUT2D eigenvalue weighted by molar-refractivity contribution is 7.99. The van der Waals surface area contributed by atoms with Crippen LogP contribution in [0.2, 0.25) is 0 Å². The summed E-state index contributed by atoms with van der Waals surface area (Å²) < 4.78 is 0. The summed E-state index contributed by atoms with van der Waals surface area (Å²) in [4.78, 5) is 0. The van der Waals surface area contributed by atoms with E-state index in [-0.39, 0.29) is 0 Å². The monoisotopic (exact) mass is 103 g/mol. The molecule has 0 bridgehead atoms. The fourth-order valence-corrected chi connectivity index (χ4v) is 0.739. The highest BCUT2D eigenvalue weighted by atomic mass is 32.2. The molecule has 6 heavy (non-hydrogen) atoms. The van der Waals surface area contributed by atoms with Crippen LogP contribution >= 0.6 is 11.8 Å². The van der Waals surface area contributed by atoms with Crippen LogP contribution in [0.15, 0.2) is 0 Å². The zero-order chi connectivity index (χ0) is 4.83. The molecule has 0 rings (SSSR count). The second kappa shape index (κ2) is 5.35. The molecule has 1 radical (unpaired) electrons. The minimum absolute atomic E-state index is 1.07. The number of rotatable bonds is 3. The molecule has 0 aromatic carbocycles. The molecule has 0 aliphatic heterocycles. The Labute approximate surface area is 44.3 Å². The molecule has 0 nitrogen and oxygen atoms in total. The Bertz CT molecular complexity index is 15.9. The predicted octanol–water partition coefficient (Wildman–Crippen LogP) is 1.96. The van der Waals surface area contributed by atoms with Gasteiger partial charge in [0.2, 0.25) is 0 Å². The van der Waals surface area contributed by atoms with Gasteiger partial charge in [-0.1, -0.05) is 13.8 Å². The van der Waals surface area contributed by atoms with Crippen molar-refractivity contribution in [3.05, 3.63) is 6.92 Å². The normalized spacial score (nSPS) is 9.00. The maximum atomic E-state index is 3.70. The fraction of sp³-hybridized carbons (Fsp3) is 0.800. The SMILES string of the molecule is [CH2]CCSCC. The van der Waals surface area contributed by atoms with Crippen LogP contribution in [0.1, 0.15) is 13.3 Å². The first kappa shape index (κ1) is 6.35. The molecule has 0 aliphatic rings. The van der Waals surface area contributed by atoms with Crippen molar-refractivity contribution in [1.82, 2.24) is 0 Å². The van der Waals surface area contributed by atoms with E-state index in [9.17, 15) is 0 Å². The summed E-state index contributed by atoms with van der Waals surface area (Å²) in [6.07, 6.45) is 1.07. The Morgan fingerprint density at radius 1 is 1.67 bits per heavy atom. The van der Waals surface area contributed by atoms with Gasteiger partial charge in [-0.2, -0.15) is 11.8 Å². The maximum absolute atomic E-state index is 3.70. The van der Waals surface area contributed by atoms with Gasteiger partial charge in [-0.3, -0.25) is 0 Å². The van der Waals surface area contributed by atoms with E-state index in [1.54, 1.807) is 0 Å². The van der Waals surface area contributed by atoms with Gasteiger partial charge < -0.3 is 0 Å². The van der Waals surface area contributed by atoms with Crippen LogP contribution in [0.4, 0.5) is 0 Å². The van der Waals surface area contributed by atoms with Crippen molar-refractivity contribution in [3.63, 3.8) is 0 Å². The van der Waals surface area contributed by atoms with Gasteiger partial charge in [0.05, 0.1) is 0 Å². The maximum Gasteiger partial charge on any atom is -0.00676 e. The number of hydrogen-bond donors (Lipinski definition) is 0. The van der Waals surface area contributed by atoms with Crippen molar-refractivity contribution >= 4 is 11.8 Å². The van der Waals surface area contributed by atoms with Crippen molar-refractivity contribution in [2.75, 3.05) is 11.5 Å². The van der Waals surface area contributed by atoms with Crippen LogP contribution in [0.25, 0.3) is 0 Å². The fourth-order valence-electron chi connectivity index (χ4n) is 0.246. The highest BCUT2D eigenvalue weighted by Gasteiger charge is 1.75. The molecule has 0 saturated carbocycles. The quantitative estimate of drug-likeness (QED) is 0.492. The van der Waals surface area contributed by atoms with Crippen LogP contribution < -0.4 is 0 Å². The topological polar surface area (TPSA) is 0 Å². The van der Waals surface area contributed by atoms with Gasteiger partial charge in [0.25, 0.3) is 0 Å². The molecule has 0 N–H and O–H groups in total. The van der Waals surface area contributed by atoms with E-state index in [1.807, 2.05) is 11.8 Å². The van der Waals surface area contributed by atoms with Crippen molar-refractivity contribution in [3.8, 4) is 0 Å². The summed E-state index contributed by atoms with van der Waals surface area (Å²) in [5, 5.41) is 0. The van der Waals surface area contributed by atoms with Crippen LogP contribution in [-0.4, -0.2) is 11.5 Å². The zero-order valence-electron chi connectivity index (χ0n) is 4.24. The minimum Gasteiger partial charge on any atom is -0.162 e. The predicted molar refractivity (Wildman–Crippen MR) is 33.0 cm³/mol. The molecular weight excluding hydrogens is 92.1 g/mol. The smallest absolute Gasteiger partial charge is 0.00676 e. The van der Waals surface area contributed by atoms with E-state index in [2.05, 4.69) is 13.8 Å². The van der Waals surface area contributed by atoms with Crippen molar-refractivity contribution < 1.29 is 0 Å². The molecule has 0 fully saturated rings. The zero-order valence-corrected chi connectivity index (χ0v) is 5.05. The molecule has 0 heterocycles. The Morgan fingerprint density at radius 2 is 2.33 bits per heavy atom. The minimum atomic E-state index is 1.07. The van der Waals surface area contributed by atoms with Gasteiger partial charge in [-0.25, -0.2) is 0 Å². The van der Waals surface area contributed by atoms with Gasteiger partial charge in [0, 0.05) is 0 Å². The van der Waals surface area contributed by atoms with Crippen LogP contribution in [0.3, 0.4) is 0 Å². The Kier molecular flexibility index (Phi) is 5.66. The van der Waals surface area contributed by atoms with Crippen LogP contribution in [0, 0.1) is 6.92 Å². The molecule has 0 saturated heterocycles. The van der Waals surface area contributed by atoms with E-state index in [4.69, 9.17) is 0 Å². The van der Waals surface area contributed by atoms with Gasteiger partial charge in [0.15, 0.2) is 0 Å². The van der Waals surface area contributed by atoms with E-state index >= 15 is 0 Å². The molecule has 37 valence electrons. The summed E-state index contributed by atoms with van der Waals surface area (Å²) in [5.74, 6) is 2.45. The molecule has 0 amide bonds. The number of thioether (sulfide) groups is 1. The highest BCUT2D eigenvalue weighted by Crippen LogP contribution is 1.98. The first-order valence-corrected chi connectivity index (χ1v) is 3.44. The lowest BCUT2D eigenvalue weighted by Crippen LogP contribution is -1.72. The van der Waals surface area contributed by atoms with Gasteiger partial charge in [-0.05, 0) is 17.9 Å². The third-order valence-corrected chi connectivity index (χ3v) is 1.48. The van der Waals surface area contributed by atoms with E-state index in [0.29, 0.717) is 0 Å². The lowest BCUT2D eigenvalue weighted by molar-refractivity contribution is 1.24. The third kappa shape index (κ3) is 4.35. The Hall–Kier alpha value is 0.350. The summed E-state index contributed by atoms with van der Waals surface area (Å²) in [6, 6.07) is 0.